The molecule has 2 aliphatic rings. The van der Waals surface area contributed by atoms with Crippen LogP contribution in [0.4, 0.5) is 5.82 Å². The van der Waals surface area contributed by atoms with Gasteiger partial charge in [0.1, 0.15) is 29.9 Å². The molecule has 2 aromatic rings. The molecule has 0 saturated carbocycles. The van der Waals surface area contributed by atoms with Gasteiger partial charge in [-0.3, -0.25) is 14.8 Å². The smallest absolute Gasteiger partial charge is 0.313 e. The summed E-state index contributed by atoms with van der Waals surface area (Å²) in [5.74, 6) is 0.699. The van der Waals surface area contributed by atoms with Gasteiger partial charge < -0.3 is 25.4 Å². The second kappa shape index (κ2) is 10.9. The van der Waals surface area contributed by atoms with E-state index in [1.54, 1.807) is 6.20 Å². The molecule has 1 fully saturated rings. The first kappa shape index (κ1) is 26.2. The lowest BCUT2D eigenvalue weighted by Crippen LogP contribution is -2.48. The molecule has 0 aliphatic carbocycles. The molecule has 12 nitrogen and oxygen atoms in total. The van der Waals surface area contributed by atoms with Crippen molar-refractivity contribution in [3.8, 4) is 5.75 Å². The molecule has 5 N–H and O–H groups in total. The number of guanidine groups is 1. The van der Waals surface area contributed by atoms with E-state index in [-0.39, 0.29) is 12.6 Å². The van der Waals surface area contributed by atoms with Gasteiger partial charge in [-0.2, -0.15) is 8.42 Å². The molecule has 0 radical (unpaired) electrons. The van der Waals surface area contributed by atoms with Crippen LogP contribution < -0.4 is 15.4 Å². The number of carboxylic acids is 1. The average molecular weight is 507 g/mol. The van der Waals surface area contributed by atoms with E-state index >= 15 is 0 Å². The number of aromatic nitrogens is 2. The van der Waals surface area contributed by atoms with Crippen molar-refractivity contribution in [1.29, 1.82) is 5.41 Å². The highest BCUT2D eigenvalue weighted by Gasteiger charge is 2.43. The zero-order valence-corrected chi connectivity index (χ0v) is 20.2. The minimum Gasteiger partial charge on any atom is -0.492 e. The monoisotopic (exact) mass is 506 g/mol. The Balaban J connectivity index is 0.000000623. The van der Waals surface area contributed by atoms with Crippen molar-refractivity contribution in [3.05, 3.63) is 47.9 Å². The summed E-state index contributed by atoms with van der Waals surface area (Å²) in [4.78, 5) is 24.2. The summed E-state index contributed by atoms with van der Waals surface area (Å²) in [6.07, 6.45) is 5.69. The molecule has 0 atom stereocenters. The van der Waals surface area contributed by atoms with Gasteiger partial charge in [0.2, 0.25) is 0 Å². The Morgan fingerprint density at radius 2 is 1.91 bits per heavy atom. The number of benzene rings is 1. The number of fused-ring (bicyclic) bond motifs is 1. The molecule has 190 valence electrons. The molecule has 0 bridgehead atoms. The number of nitrogens with zero attached hydrogens (tertiary/aromatic N) is 4. The number of nitrogens with two attached hydrogens (primary N) is 1. The lowest BCUT2D eigenvalue weighted by Gasteiger charge is -2.39. The van der Waals surface area contributed by atoms with Gasteiger partial charge in [-0.1, -0.05) is 6.07 Å². The summed E-state index contributed by atoms with van der Waals surface area (Å²) in [6, 6.07) is 7.69. The lowest BCUT2D eigenvalue weighted by molar-refractivity contribution is -0.152. The fraction of sp³-hybridized carbons (Fsp3) is 0.455. The highest BCUT2D eigenvalue weighted by Crippen LogP contribution is 2.34. The predicted molar refractivity (Wildman–Crippen MR) is 129 cm³/mol. The summed E-state index contributed by atoms with van der Waals surface area (Å²) in [5.41, 5.74) is 6.98. The molecule has 1 aromatic carbocycles. The summed E-state index contributed by atoms with van der Waals surface area (Å²) in [6.45, 7) is 2.62. The number of carboxylic acid groups (broad SMARTS) is 1. The number of rotatable bonds is 5. The number of hydrogen-bond donors (Lipinski definition) is 4. The topological polar surface area (TPSA) is 183 Å². The van der Waals surface area contributed by atoms with Gasteiger partial charge in [0.15, 0.2) is 5.96 Å². The molecule has 0 amide bonds. The fourth-order valence-electron chi connectivity index (χ4n) is 4.10. The first-order valence-electron chi connectivity index (χ1n) is 11.0. The second-order valence-corrected chi connectivity index (χ2v) is 10.1. The van der Waals surface area contributed by atoms with Crippen molar-refractivity contribution in [2.24, 2.45) is 11.1 Å². The van der Waals surface area contributed by atoms with Crippen LogP contribution in [0.2, 0.25) is 0 Å². The summed E-state index contributed by atoms with van der Waals surface area (Å²) >= 11 is 0. The van der Waals surface area contributed by atoms with E-state index in [1.165, 1.54) is 11.9 Å². The van der Waals surface area contributed by atoms with Crippen molar-refractivity contribution in [3.63, 3.8) is 0 Å². The van der Waals surface area contributed by atoms with Gasteiger partial charge in [0.05, 0.1) is 6.26 Å². The first-order chi connectivity index (χ1) is 16.5. The second-order valence-electron chi connectivity index (χ2n) is 8.65. The van der Waals surface area contributed by atoms with Gasteiger partial charge >= 0.3 is 5.97 Å². The zero-order chi connectivity index (χ0) is 25.6. The maximum atomic E-state index is 12.1. The van der Waals surface area contributed by atoms with Crippen LogP contribution in [0.25, 0.3) is 0 Å². The molecule has 1 aromatic heterocycles. The Morgan fingerprint density at radius 3 is 2.49 bits per heavy atom. The third-order valence-corrected chi connectivity index (χ3v) is 6.11. The molecule has 35 heavy (non-hydrogen) atoms. The Kier molecular flexibility index (Phi) is 8.12. The molecular formula is C22H30N6O6S. The van der Waals surface area contributed by atoms with Crippen LogP contribution in [0.1, 0.15) is 24.0 Å². The molecule has 2 aliphatic heterocycles. The average Bonchev–Trinajstić information content (AvgIpc) is 2.82. The van der Waals surface area contributed by atoms with E-state index in [0.29, 0.717) is 44.5 Å². The molecule has 4 rings (SSSR count). The lowest BCUT2D eigenvalue weighted by atomic mass is 9.79. The molecule has 1 saturated heterocycles. The molecule has 3 heterocycles. The number of aliphatic carboxylic acids is 1. The Morgan fingerprint density at radius 1 is 1.23 bits per heavy atom. The van der Waals surface area contributed by atoms with Crippen molar-refractivity contribution in [1.82, 2.24) is 14.9 Å². The molecule has 0 unspecified atom stereocenters. The largest absolute Gasteiger partial charge is 0.492 e. The number of hydrogen-bond acceptors (Lipinski definition) is 8. The van der Waals surface area contributed by atoms with E-state index in [1.807, 2.05) is 29.2 Å². The van der Waals surface area contributed by atoms with Crippen LogP contribution >= 0.6 is 0 Å². The van der Waals surface area contributed by atoms with Gasteiger partial charge in [-0.15, -0.1) is 0 Å². The van der Waals surface area contributed by atoms with Gasteiger partial charge in [-0.25, -0.2) is 9.97 Å². The molecular weight excluding hydrogens is 476 g/mol. The highest BCUT2D eigenvalue weighted by molar-refractivity contribution is 7.85. The van der Waals surface area contributed by atoms with Crippen LogP contribution in [0.15, 0.2) is 36.8 Å². The van der Waals surface area contributed by atoms with E-state index in [9.17, 15) is 18.3 Å². The van der Waals surface area contributed by atoms with Gasteiger partial charge in [0.25, 0.3) is 10.1 Å². The van der Waals surface area contributed by atoms with E-state index < -0.39 is 21.5 Å². The summed E-state index contributed by atoms with van der Waals surface area (Å²) < 4.78 is 31.9. The number of anilines is 1. The van der Waals surface area contributed by atoms with E-state index in [2.05, 4.69) is 14.9 Å². The Hall–Kier alpha value is -3.45. The third kappa shape index (κ3) is 7.26. The maximum Gasteiger partial charge on any atom is 0.313 e. The molecule has 0 spiro atoms. The quantitative estimate of drug-likeness (QED) is 0.257. The SMILES string of the molecule is CS(=O)(=O)O.N=C(N)N1CCc2ccc(OCC3(C(=O)O)CCN(c4ccncn4)CC3)cc2C1. The zero-order valence-electron chi connectivity index (χ0n) is 19.4. The van der Waals surface area contributed by atoms with Crippen LogP contribution in [0.5, 0.6) is 5.75 Å². The van der Waals surface area contributed by atoms with Crippen LogP contribution in [-0.2, 0) is 27.9 Å². The van der Waals surface area contributed by atoms with Crippen LogP contribution in [0.3, 0.4) is 0 Å². The minimum atomic E-state index is -3.67. The predicted octanol–water partition coefficient (Wildman–Crippen LogP) is 0.982. The number of nitrogens with one attached hydrogen (secondary N) is 1. The fourth-order valence-corrected chi connectivity index (χ4v) is 4.10. The van der Waals surface area contributed by atoms with Gasteiger partial charge in [0, 0.05) is 32.4 Å². The first-order valence-corrected chi connectivity index (χ1v) is 12.8. The van der Waals surface area contributed by atoms with Crippen LogP contribution in [-0.4, -0.2) is 77.4 Å². The number of carbonyl (C=O) groups is 1. The van der Waals surface area contributed by atoms with Crippen LogP contribution in [0, 0.1) is 10.8 Å². The Bertz CT molecular complexity index is 1140. The van der Waals surface area contributed by atoms with Crippen molar-refractivity contribution in [2.75, 3.05) is 37.4 Å². The van der Waals surface area contributed by atoms with E-state index in [4.69, 9.17) is 20.4 Å². The Labute approximate surface area is 204 Å². The molecule has 13 heteroatoms. The summed E-state index contributed by atoms with van der Waals surface area (Å²) in [7, 11) is -3.67. The van der Waals surface area contributed by atoms with Gasteiger partial charge in [-0.05, 0) is 48.6 Å². The van der Waals surface area contributed by atoms with Crippen molar-refractivity contribution >= 4 is 27.9 Å². The van der Waals surface area contributed by atoms with Crippen molar-refractivity contribution in [2.45, 2.75) is 25.8 Å². The number of piperidine rings is 1. The normalized spacial score (nSPS) is 17.0. The number of ether oxygens (including phenoxy) is 1. The third-order valence-electron chi connectivity index (χ3n) is 6.11. The van der Waals surface area contributed by atoms with Crippen molar-refractivity contribution < 1.29 is 27.6 Å². The standard InChI is InChI=1S/C21H26N6O3.CH4O3S/c22-20(23)27-8-4-15-1-2-17(11-16(15)12-27)30-13-21(19(28)29)5-9-26(10-6-21)18-3-7-24-14-25-18;1-5(2,3)4/h1-3,7,11,14H,4-6,8-10,12-13H2,(H3,22,23)(H,28,29);1H3,(H,2,3,4). The minimum absolute atomic E-state index is 0.0623. The highest BCUT2D eigenvalue weighted by atomic mass is 32.2. The van der Waals surface area contributed by atoms with E-state index in [0.717, 1.165) is 24.3 Å². The maximum absolute atomic E-state index is 12.1. The summed E-state index contributed by atoms with van der Waals surface area (Å²) in [5, 5.41) is 17.6.